The fourth-order valence-electron chi connectivity index (χ4n) is 8.11. The smallest absolute Gasteiger partial charge is 0.274 e. The van der Waals surface area contributed by atoms with E-state index in [0.29, 0.717) is 54.3 Å². The minimum Gasteiger partial charge on any atom is -0.450 e. The zero-order chi connectivity index (χ0) is 48.6. The molecule has 2 heterocycles. The Bertz CT molecular complexity index is 2510. The lowest BCUT2D eigenvalue weighted by Crippen LogP contribution is -2.49. The molecule has 68 heavy (non-hydrogen) atoms. The Hall–Kier alpha value is -7.27. The number of benzene rings is 2. The van der Waals surface area contributed by atoms with Crippen molar-refractivity contribution in [2.24, 2.45) is 10.9 Å². The summed E-state index contributed by atoms with van der Waals surface area (Å²) in [6.07, 6.45) is 19.2. The largest absolute Gasteiger partial charge is 0.450 e. The van der Waals surface area contributed by atoms with Gasteiger partial charge < -0.3 is 51.0 Å². The van der Waals surface area contributed by atoms with E-state index in [9.17, 15) is 43.3 Å². The summed E-state index contributed by atoms with van der Waals surface area (Å²) in [7, 11) is 1.09. The molecule has 0 saturated carbocycles. The quantitative estimate of drug-likeness (QED) is 0.0407. The van der Waals surface area contributed by atoms with Gasteiger partial charge in [-0.3, -0.25) is 33.6 Å². The average molecular weight is 950 g/mol. The molecule has 0 bridgehead atoms. The van der Waals surface area contributed by atoms with Crippen LogP contribution >= 0.6 is 8.96 Å². The fourth-order valence-corrected chi connectivity index (χ4v) is 8.41. The lowest BCUT2D eigenvalue weighted by Gasteiger charge is -2.22. The number of carbonyl (C=O) groups is 8. The molecule has 3 unspecified atom stereocenters. The number of nitrogens with zero attached hydrogens (tertiary/aromatic N) is 3. The molecular formula is C48H56N9O10P. The normalized spacial score (nSPS) is 17.2. The minimum absolute atomic E-state index is 0.0784. The van der Waals surface area contributed by atoms with Crippen LogP contribution in [0, 0.1) is 10.8 Å². The van der Waals surface area contributed by atoms with Crippen molar-refractivity contribution < 1.29 is 42.9 Å². The molecule has 0 spiro atoms. The van der Waals surface area contributed by atoms with Gasteiger partial charge in [0.25, 0.3) is 11.8 Å². The van der Waals surface area contributed by atoms with Crippen LogP contribution in [0.5, 0.6) is 5.75 Å². The number of carbonyl (C=O) groups excluding carboxylic acids is 8. The summed E-state index contributed by atoms with van der Waals surface area (Å²) >= 11 is 0. The molecule has 2 aliphatic carbocycles. The van der Waals surface area contributed by atoms with Crippen LogP contribution in [0.1, 0.15) is 63.9 Å². The second kappa shape index (κ2) is 24.5. The first-order valence-electron chi connectivity index (χ1n) is 22.5. The molecule has 4 aliphatic rings. The zero-order valence-corrected chi connectivity index (χ0v) is 38.9. The molecule has 2 aromatic rings. The topological polar surface area (TPSA) is 254 Å². The molecule has 2 aromatic carbocycles. The Morgan fingerprint density at radius 3 is 2.50 bits per heavy atom. The van der Waals surface area contributed by atoms with Crippen LogP contribution in [0.2, 0.25) is 0 Å². The van der Waals surface area contributed by atoms with Gasteiger partial charge in [0.15, 0.2) is 0 Å². The number of aldehydes is 1. The fraction of sp³-hybridized carbons (Fsp3) is 0.375. The highest BCUT2D eigenvalue weighted by Crippen LogP contribution is 2.42. The molecule has 0 radical (unpaired) electrons. The van der Waals surface area contributed by atoms with E-state index in [-0.39, 0.29) is 74.4 Å². The molecule has 0 saturated heterocycles. The van der Waals surface area contributed by atoms with Gasteiger partial charge in [-0.25, -0.2) is 0 Å². The van der Waals surface area contributed by atoms with Crippen LogP contribution in [-0.2, 0) is 44.8 Å². The van der Waals surface area contributed by atoms with E-state index in [0.717, 1.165) is 47.6 Å². The molecule has 0 aromatic heterocycles. The van der Waals surface area contributed by atoms with E-state index in [2.05, 4.69) is 36.8 Å². The number of rotatable bonds is 23. The molecule has 6 N–H and O–H groups in total. The van der Waals surface area contributed by atoms with E-state index in [1.807, 2.05) is 42.5 Å². The lowest BCUT2D eigenvalue weighted by atomic mass is 9.96. The van der Waals surface area contributed by atoms with E-state index >= 15 is 0 Å². The predicted octanol–water partition coefficient (Wildman–Crippen LogP) is 3.44. The number of hydrogen-bond donors (Lipinski definition) is 6. The van der Waals surface area contributed by atoms with Crippen LogP contribution < -0.4 is 41.3 Å². The van der Waals surface area contributed by atoms with Crippen molar-refractivity contribution in [3.63, 3.8) is 0 Å². The standard InChI is InChI=1S/C48H56N9O10P/c1-30(51-43(60)28-49-42(59)15-5-3-4-8-22-56(2)45(62)16-10-24-58)46(63)50-29-44(61)52-33-12-9-11-31(17-18-33)47(64)53-34-19-20-38-32(25-34)26-39(54-38)48(65)57-23-21-36-35-13-6-7-14-37(35)41(27-40(36)57)67-68-55-66/h6-7,9,12-14,17-20,24-27,30,32,38,54,68H,3-5,8,10-11,15-16,21-23,28-29H2,1-2H3,(H,49,59)(H,50,63)(H,51,60)(H,52,61)(H,53,64)/t30-,32?,38?/m0/s1. The van der Waals surface area contributed by atoms with Crippen molar-refractivity contribution in [2.45, 2.75) is 76.8 Å². The van der Waals surface area contributed by atoms with Crippen LogP contribution in [0.25, 0.3) is 10.8 Å². The van der Waals surface area contributed by atoms with Gasteiger partial charge in [-0.1, -0.05) is 61.4 Å². The van der Waals surface area contributed by atoms with E-state index in [1.165, 1.54) is 6.92 Å². The highest BCUT2D eigenvalue weighted by atomic mass is 31.1. The molecule has 2 aliphatic heterocycles. The third kappa shape index (κ3) is 13.7. The van der Waals surface area contributed by atoms with E-state index in [1.54, 1.807) is 53.3 Å². The summed E-state index contributed by atoms with van der Waals surface area (Å²) in [4.78, 5) is 117. The average Bonchev–Trinajstić information content (AvgIpc) is 3.89. The summed E-state index contributed by atoms with van der Waals surface area (Å²) in [5.74, 6) is -2.36. The predicted molar refractivity (Wildman–Crippen MR) is 256 cm³/mol. The molecule has 6 rings (SSSR count). The highest BCUT2D eigenvalue weighted by molar-refractivity contribution is 7.30. The summed E-state index contributed by atoms with van der Waals surface area (Å²) < 4.78 is 5.67. The first kappa shape index (κ1) is 50.1. The number of amides is 7. The van der Waals surface area contributed by atoms with Crippen LogP contribution in [0.4, 0.5) is 5.69 Å². The molecule has 0 fully saturated rings. The number of anilines is 1. The Morgan fingerprint density at radius 1 is 0.926 bits per heavy atom. The Morgan fingerprint density at radius 2 is 1.71 bits per heavy atom. The lowest BCUT2D eigenvalue weighted by molar-refractivity contribution is -0.131. The van der Waals surface area contributed by atoms with Crippen molar-refractivity contribution in [3.05, 3.63) is 112 Å². The van der Waals surface area contributed by atoms with Crippen LogP contribution in [-0.4, -0.2) is 97.8 Å². The van der Waals surface area contributed by atoms with Crippen LogP contribution in [0.3, 0.4) is 0 Å². The number of nitrogens with one attached hydrogen (secondary N) is 6. The zero-order valence-electron chi connectivity index (χ0n) is 37.9. The Balaban J connectivity index is 0.899. The monoisotopic (exact) mass is 949 g/mol. The summed E-state index contributed by atoms with van der Waals surface area (Å²) in [5, 5.41) is 18.2. The molecular weight excluding hydrogens is 894 g/mol. The van der Waals surface area contributed by atoms with E-state index in [4.69, 9.17) is 4.52 Å². The van der Waals surface area contributed by atoms with Crippen molar-refractivity contribution in [2.75, 3.05) is 38.1 Å². The minimum atomic E-state index is -0.985. The summed E-state index contributed by atoms with van der Waals surface area (Å²) in [5.41, 5.74) is 3.57. The molecule has 358 valence electrons. The maximum atomic E-state index is 13.9. The molecule has 20 heteroatoms. The highest BCUT2D eigenvalue weighted by Gasteiger charge is 2.35. The maximum Gasteiger partial charge on any atom is 0.274 e. The number of allylic oxidation sites excluding steroid dienone is 5. The number of fused-ring (bicyclic) bond motifs is 4. The van der Waals surface area contributed by atoms with Crippen molar-refractivity contribution >= 4 is 73.1 Å². The second-order valence-electron chi connectivity index (χ2n) is 16.6. The van der Waals surface area contributed by atoms with Crippen molar-refractivity contribution in [3.8, 4) is 5.75 Å². The first-order valence-corrected chi connectivity index (χ1v) is 23.4. The van der Waals surface area contributed by atoms with E-state index < -0.39 is 32.7 Å². The summed E-state index contributed by atoms with van der Waals surface area (Å²) in [6.45, 7) is 1.80. The molecule has 7 amide bonds. The van der Waals surface area contributed by atoms with Crippen molar-refractivity contribution in [1.82, 2.24) is 36.8 Å². The van der Waals surface area contributed by atoms with Gasteiger partial charge in [0.1, 0.15) is 18.1 Å². The van der Waals surface area contributed by atoms with Gasteiger partial charge >= 0.3 is 0 Å². The summed E-state index contributed by atoms with van der Waals surface area (Å²) in [6, 6.07) is 8.33. The third-order valence-corrected chi connectivity index (χ3v) is 12.1. The molecule has 19 nitrogen and oxygen atoms in total. The maximum absolute atomic E-state index is 13.9. The molecule has 4 atom stereocenters. The van der Waals surface area contributed by atoms with Gasteiger partial charge in [-0.15, -0.1) is 4.91 Å². The van der Waals surface area contributed by atoms with Gasteiger partial charge in [0.05, 0.1) is 30.5 Å². The number of unbranched alkanes of at least 4 members (excludes halogenated alkanes) is 3. The van der Waals surface area contributed by atoms with Gasteiger partial charge in [0, 0.05) is 73.7 Å². The second-order valence-corrected chi connectivity index (χ2v) is 17.2. The Kier molecular flexibility index (Phi) is 18.1. The number of nitroso groups, excluding NO2 is 1. The van der Waals surface area contributed by atoms with Gasteiger partial charge in [0.2, 0.25) is 38.5 Å². The third-order valence-electron chi connectivity index (χ3n) is 11.7. The Labute approximate surface area is 395 Å². The van der Waals surface area contributed by atoms with Crippen LogP contribution in [0.15, 0.2) is 107 Å². The first-order chi connectivity index (χ1) is 32.8. The van der Waals surface area contributed by atoms with Gasteiger partial charge in [-0.2, -0.15) is 0 Å². The SMILES string of the molecule is C[C@H](NC(=O)CNC(=O)CCCCCCN(C)C(=O)CCC=O)C(=O)NCC(=O)NC1=CC=C(C(=O)NC2=CC3C=C(C(=O)N4CCc5c4cc(OPN=O)c4ccccc54)NC3C=C2)CC=C1. The van der Waals surface area contributed by atoms with Crippen molar-refractivity contribution in [1.29, 1.82) is 0 Å². The number of hydrogen-bond acceptors (Lipinski definition) is 12. The van der Waals surface area contributed by atoms with Gasteiger partial charge in [-0.05, 0) is 72.8 Å².